The van der Waals surface area contributed by atoms with Gasteiger partial charge in [0, 0.05) is 11.8 Å². The van der Waals surface area contributed by atoms with Crippen LogP contribution in [0.4, 0.5) is 0 Å². The fourth-order valence-electron chi connectivity index (χ4n) is 2.25. The smallest absolute Gasteiger partial charge is 0.308 e. The number of aryl methyl sites for hydroxylation is 1. The predicted octanol–water partition coefficient (Wildman–Crippen LogP) is 3.62. The highest BCUT2D eigenvalue weighted by Gasteiger charge is 2.35. The van der Waals surface area contributed by atoms with Crippen LogP contribution in [0.1, 0.15) is 44.7 Å². The van der Waals surface area contributed by atoms with E-state index in [1.54, 1.807) is 10.7 Å². The Hall–Kier alpha value is -1.23. The largest absolute Gasteiger partial charge is 0.339 e. The van der Waals surface area contributed by atoms with Crippen molar-refractivity contribution in [1.29, 1.82) is 0 Å². The van der Waals surface area contributed by atoms with Crippen molar-refractivity contribution in [2.45, 2.75) is 39.8 Å². The molecule has 0 spiro atoms. The Morgan fingerprint density at radius 3 is 2.52 bits per heavy atom. The third-order valence-corrected chi connectivity index (χ3v) is 5.77. The van der Waals surface area contributed by atoms with E-state index in [4.69, 9.17) is 9.05 Å². The third-order valence-electron chi connectivity index (χ3n) is 3.32. The molecule has 2 rings (SSSR count). The maximum atomic E-state index is 13.0. The molecule has 7 heteroatoms. The molecule has 6 nitrogen and oxygen atoms in total. The Morgan fingerprint density at radius 1 is 1.29 bits per heavy atom. The van der Waals surface area contributed by atoms with Crippen molar-refractivity contribution in [1.82, 2.24) is 14.6 Å². The van der Waals surface area contributed by atoms with Gasteiger partial charge in [0.15, 0.2) is 5.65 Å². The molecule has 0 amide bonds. The average Bonchev–Trinajstić information content (AvgIpc) is 2.94. The lowest BCUT2D eigenvalue weighted by molar-refractivity contribution is 0.213. The van der Waals surface area contributed by atoms with E-state index >= 15 is 0 Å². The minimum absolute atomic E-state index is 0.343. The quantitative estimate of drug-likeness (QED) is 0.731. The molecule has 1 unspecified atom stereocenters. The van der Waals surface area contributed by atoms with Gasteiger partial charge < -0.3 is 9.05 Å². The maximum absolute atomic E-state index is 13.0. The summed E-state index contributed by atoms with van der Waals surface area (Å²) in [6, 6.07) is 3.76. The summed E-state index contributed by atoms with van der Waals surface area (Å²) >= 11 is 0. The minimum Gasteiger partial charge on any atom is -0.308 e. The van der Waals surface area contributed by atoms with E-state index in [2.05, 4.69) is 10.1 Å². The fourth-order valence-corrected chi connectivity index (χ4v) is 4.00. The van der Waals surface area contributed by atoms with Gasteiger partial charge in [0.2, 0.25) is 0 Å². The van der Waals surface area contributed by atoms with Gasteiger partial charge in [-0.3, -0.25) is 4.57 Å². The molecule has 0 saturated carbocycles. The molecular weight excluding hydrogens is 289 g/mol. The lowest BCUT2D eigenvalue weighted by atomic mass is 10.2. The average molecular weight is 311 g/mol. The minimum atomic E-state index is -3.23. The lowest BCUT2D eigenvalue weighted by Gasteiger charge is -2.24. The normalized spacial score (nSPS) is 13.7. The second-order valence-corrected chi connectivity index (χ2v) is 7.05. The monoisotopic (exact) mass is 311 g/mol. The summed E-state index contributed by atoms with van der Waals surface area (Å²) in [5.74, 6) is 0. The summed E-state index contributed by atoms with van der Waals surface area (Å²) < 4.78 is 25.6. The summed E-state index contributed by atoms with van der Waals surface area (Å²) in [5, 5.41) is 4.27. The van der Waals surface area contributed by atoms with Crippen molar-refractivity contribution in [3.63, 3.8) is 0 Å². The number of hydrogen-bond acceptors (Lipinski definition) is 5. The Kier molecular flexibility index (Phi) is 5.14. The SMILES string of the molecule is CCOP(=O)(OCC)C(C)c1cc(CC)nc2ccnn12. The van der Waals surface area contributed by atoms with E-state index in [0.717, 1.165) is 23.5 Å². The predicted molar refractivity (Wildman–Crippen MR) is 81.6 cm³/mol. The molecule has 0 aromatic carbocycles. The Labute approximate surface area is 125 Å². The zero-order valence-electron chi connectivity index (χ0n) is 12.9. The van der Waals surface area contributed by atoms with E-state index in [0.29, 0.717) is 13.2 Å². The van der Waals surface area contributed by atoms with E-state index < -0.39 is 13.3 Å². The molecule has 0 fully saturated rings. The lowest BCUT2D eigenvalue weighted by Crippen LogP contribution is -2.10. The van der Waals surface area contributed by atoms with E-state index in [1.165, 1.54) is 0 Å². The highest BCUT2D eigenvalue weighted by molar-refractivity contribution is 7.54. The number of fused-ring (bicyclic) bond motifs is 1. The van der Waals surface area contributed by atoms with Crippen molar-refractivity contribution in [2.24, 2.45) is 0 Å². The molecule has 21 heavy (non-hydrogen) atoms. The summed E-state index contributed by atoms with van der Waals surface area (Å²) in [6.45, 7) is 8.19. The van der Waals surface area contributed by atoms with Crippen LogP contribution >= 0.6 is 7.60 Å². The Bertz CT molecular complexity index is 646. The second-order valence-electron chi connectivity index (χ2n) is 4.68. The summed E-state index contributed by atoms with van der Waals surface area (Å²) in [4.78, 5) is 4.50. The molecule has 0 aliphatic rings. The molecule has 2 heterocycles. The number of hydrogen-bond donors (Lipinski definition) is 0. The van der Waals surface area contributed by atoms with E-state index in [1.807, 2.05) is 39.8 Å². The van der Waals surface area contributed by atoms with Crippen LogP contribution in [0.5, 0.6) is 0 Å². The van der Waals surface area contributed by atoms with Crippen molar-refractivity contribution in [3.8, 4) is 0 Å². The highest BCUT2D eigenvalue weighted by atomic mass is 31.2. The summed E-state index contributed by atoms with van der Waals surface area (Å²) in [5.41, 5.74) is 2.07. The van der Waals surface area contributed by atoms with E-state index in [-0.39, 0.29) is 0 Å². The van der Waals surface area contributed by atoms with Gasteiger partial charge in [0.25, 0.3) is 0 Å². The van der Waals surface area contributed by atoms with Crippen molar-refractivity contribution in [3.05, 3.63) is 29.7 Å². The zero-order chi connectivity index (χ0) is 15.5. The molecule has 116 valence electrons. The first-order valence-corrected chi connectivity index (χ1v) is 8.89. The standard InChI is InChI=1S/C14H22N3O3P/c1-5-12-10-13(17-14(16-12)8-9-15-17)11(4)21(18,19-6-2)20-7-3/h8-11H,5-7H2,1-4H3. The maximum Gasteiger partial charge on any atom is 0.339 e. The first kappa shape index (κ1) is 16.1. The molecule has 2 aromatic rings. The molecule has 0 radical (unpaired) electrons. The fraction of sp³-hybridized carbons (Fsp3) is 0.571. The van der Waals surface area contributed by atoms with E-state index in [9.17, 15) is 4.57 Å². The molecule has 2 aromatic heterocycles. The van der Waals surface area contributed by atoms with Gasteiger partial charge in [-0.15, -0.1) is 0 Å². The van der Waals surface area contributed by atoms with Gasteiger partial charge >= 0.3 is 7.60 Å². The second kappa shape index (κ2) is 6.69. The van der Waals surface area contributed by atoms with Crippen molar-refractivity contribution >= 4 is 13.2 Å². The van der Waals surface area contributed by atoms with Gasteiger partial charge in [-0.1, -0.05) is 6.92 Å². The zero-order valence-corrected chi connectivity index (χ0v) is 13.8. The molecule has 0 saturated heterocycles. The van der Waals surface area contributed by atoms with Crippen LogP contribution < -0.4 is 0 Å². The number of aromatic nitrogens is 3. The highest BCUT2D eigenvalue weighted by Crippen LogP contribution is 2.60. The van der Waals surface area contributed by atoms with Crippen molar-refractivity contribution in [2.75, 3.05) is 13.2 Å². The van der Waals surface area contributed by atoms with Gasteiger partial charge in [0.05, 0.1) is 25.1 Å². The molecule has 0 aliphatic heterocycles. The first-order valence-electron chi connectivity index (χ1n) is 7.28. The van der Waals surface area contributed by atoms with Crippen LogP contribution in [0.25, 0.3) is 5.65 Å². The summed E-state index contributed by atoms with van der Waals surface area (Å²) in [6.07, 6.45) is 2.49. The molecule has 0 N–H and O–H groups in total. The first-order chi connectivity index (χ1) is 10.1. The van der Waals surface area contributed by atoms with Crippen LogP contribution in [0.2, 0.25) is 0 Å². The van der Waals surface area contributed by atoms with Gasteiger partial charge in [0.1, 0.15) is 5.66 Å². The van der Waals surface area contributed by atoms with Crippen LogP contribution in [-0.4, -0.2) is 27.8 Å². The Morgan fingerprint density at radius 2 is 1.95 bits per heavy atom. The van der Waals surface area contributed by atoms with Crippen LogP contribution in [0.15, 0.2) is 18.3 Å². The summed E-state index contributed by atoms with van der Waals surface area (Å²) in [7, 11) is -3.23. The van der Waals surface area contributed by atoms with Gasteiger partial charge in [-0.2, -0.15) is 5.10 Å². The Balaban J connectivity index is 2.52. The number of nitrogens with zero attached hydrogens (tertiary/aromatic N) is 3. The molecular formula is C14H22N3O3P. The molecule has 1 atom stereocenters. The van der Waals surface area contributed by atoms with Crippen LogP contribution in [-0.2, 0) is 20.0 Å². The molecule has 0 aliphatic carbocycles. The molecule has 0 bridgehead atoms. The topological polar surface area (TPSA) is 65.7 Å². The number of rotatable bonds is 7. The van der Waals surface area contributed by atoms with Crippen LogP contribution in [0.3, 0.4) is 0 Å². The van der Waals surface area contributed by atoms with Gasteiger partial charge in [-0.05, 0) is 33.3 Å². The third kappa shape index (κ3) is 3.18. The van der Waals surface area contributed by atoms with Crippen LogP contribution in [0, 0.1) is 0 Å². The van der Waals surface area contributed by atoms with Crippen molar-refractivity contribution < 1.29 is 13.6 Å². The van der Waals surface area contributed by atoms with Gasteiger partial charge in [-0.25, -0.2) is 9.50 Å².